The molecule has 2 aromatic heterocycles. The maximum Gasteiger partial charge on any atom is 0.295 e. The third kappa shape index (κ3) is 2.15. The Kier molecular flexibility index (Phi) is 3.10. The standard InChI is InChI=1S/C12H16N4O2/c1-8-10(17-7-14-8)12-15-11(16-18-12)9-5-3-2-4-6-13-9/h7,9,13H,2-6H2,1H3. The first-order valence-corrected chi connectivity index (χ1v) is 6.32. The van der Waals surface area contributed by atoms with Crippen molar-refractivity contribution in [3.05, 3.63) is 17.9 Å². The monoisotopic (exact) mass is 248 g/mol. The predicted octanol–water partition coefficient (Wildman–Crippen LogP) is 2.24. The van der Waals surface area contributed by atoms with Crippen molar-refractivity contribution in [2.45, 2.75) is 38.6 Å². The van der Waals surface area contributed by atoms with Crippen LogP contribution in [0.5, 0.6) is 0 Å². The highest BCUT2D eigenvalue weighted by Gasteiger charge is 2.22. The van der Waals surface area contributed by atoms with Gasteiger partial charge in [0.25, 0.3) is 5.89 Å². The number of nitrogens with zero attached hydrogens (tertiary/aromatic N) is 3. The van der Waals surface area contributed by atoms with Gasteiger partial charge in [-0.15, -0.1) is 0 Å². The number of hydrogen-bond acceptors (Lipinski definition) is 6. The Balaban J connectivity index is 1.82. The maximum absolute atomic E-state index is 5.25. The van der Waals surface area contributed by atoms with Gasteiger partial charge in [-0.05, 0) is 26.3 Å². The summed E-state index contributed by atoms with van der Waals surface area (Å²) in [6, 6.07) is 0.188. The molecule has 0 aromatic carbocycles. The molecular formula is C12H16N4O2. The Morgan fingerprint density at radius 1 is 1.33 bits per heavy atom. The van der Waals surface area contributed by atoms with Crippen molar-refractivity contribution in [3.8, 4) is 11.7 Å². The molecule has 1 fully saturated rings. The first-order chi connectivity index (χ1) is 8.84. The third-order valence-corrected chi connectivity index (χ3v) is 3.25. The van der Waals surface area contributed by atoms with Crippen LogP contribution < -0.4 is 5.32 Å². The molecule has 1 atom stereocenters. The van der Waals surface area contributed by atoms with Crippen molar-refractivity contribution in [2.24, 2.45) is 0 Å². The van der Waals surface area contributed by atoms with Gasteiger partial charge in [-0.3, -0.25) is 0 Å². The Morgan fingerprint density at radius 2 is 2.28 bits per heavy atom. The summed E-state index contributed by atoms with van der Waals surface area (Å²) in [5.74, 6) is 1.68. The second-order valence-electron chi connectivity index (χ2n) is 4.58. The van der Waals surface area contributed by atoms with E-state index in [0.29, 0.717) is 17.5 Å². The van der Waals surface area contributed by atoms with Gasteiger partial charge in [-0.1, -0.05) is 18.0 Å². The summed E-state index contributed by atoms with van der Waals surface area (Å²) < 4.78 is 10.5. The Labute approximate surface area is 105 Å². The lowest BCUT2D eigenvalue weighted by molar-refractivity contribution is 0.393. The predicted molar refractivity (Wildman–Crippen MR) is 63.7 cm³/mol. The summed E-state index contributed by atoms with van der Waals surface area (Å²) in [6.07, 6.45) is 6.10. The molecule has 2 aromatic rings. The molecule has 1 saturated heterocycles. The second-order valence-corrected chi connectivity index (χ2v) is 4.58. The van der Waals surface area contributed by atoms with Crippen LogP contribution in [0.15, 0.2) is 15.3 Å². The van der Waals surface area contributed by atoms with E-state index in [1.807, 2.05) is 6.92 Å². The Hall–Kier alpha value is -1.69. The van der Waals surface area contributed by atoms with Gasteiger partial charge in [-0.25, -0.2) is 4.98 Å². The molecule has 3 rings (SSSR count). The van der Waals surface area contributed by atoms with Crippen molar-refractivity contribution < 1.29 is 8.94 Å². The molecule has 0 amide bonds. The molecule has 6 nitrogen and oxygen atoms in total. The highest BCUT2D eigenvalue weighted by atomic mass is 16.5. The lowest BCUT2D eigenvalue weighted by Gasteiger charge is -2.09. The van der Waals surface area contributed by atoms with Crippen molar-refractivity contribution in [3.63, 3.8) is 0 Å². The first kappa shape index (κ1) is 11.4. The molecule has 0 radical (unpaired) electrons. The number of rotatable bonds is 2. The van der Waals surface area contributed by atoms with Gasteiger partial charge < -0.3 is 14.3 Å². The van der Waals surface area contributed by atoms with Gasteiger partial charge >= 0.3 is 0 Å². The van der Waals surface area contributed by atoms with E-state index in [0.717, 1.165) is 18.7 Å². The van der Waals surface area contributed by atoms with Crippen molar-refractivity contribution in [1.82, 2.24) is 20.4 Å². The molecule has 18 heavy (non-hydrogen) atoms. The average molecular weight is 248 g/mol. The van der Waals surface area contributed by atoms with Gasteiger partial charge in [0, 0.05) is 0 Å². The molecular weight excluding hydrogens is 232 g/mol. The second kappa shape index (κ2) is 4.89. The number of aryl methyl sites for hydroxylation is 1. The van der Waals surface area contributed by atoms with Crippen LogP contribution >= 0.6 is 0 Å². The number of hydrogen-bond donors (Lipinski definition) is 1. The van der Waals surface area contributed by atoms with E-state index in [1.165, 1.54) is 25.7 Å². The zero-order valence-corrected chi connectivity index (χ0v) is 10.3. The topological polar surface area (TPSA) is 77.0 Å². The van der Waals surface area contributed by atoms with E-state index in [1.54, 1.807) is 0 Å². The first-order valence-electron chi connectivity index (χ1n) is 6.32. The molecule has 96 valence electrons. The van der Waals surface area contributed by atoms with Crippen molar-refractivity contribution in [1.29, 1.82) is 0 Å². The van der Waals surface area contributed by atoms with Crippen molar-refractivity contribution >= 4 is 0 Å². The molecule has 1 aliphatic rings. The molecule has 1 N–H and O–H groups in total. The van der Waals surface area contributed by atoms with Crippen LogP contribution in [0, 0.1) is 6.92 Å². The summed E-state index contributed by atoms with van der Waals surface area (Å²) in [4.78, 5) is 8.42. The van der Waals surface area contributed by atoms with Crippen LogP contribution in [-0.4, -0.2) is 21.7 Å². The van der Waals surface area contributed by atoms with E-state index in [-0.39, 0.29) is 6.04 Å². The lowest BCUT2D eigenvalue weighted by atomic mass is 10.1. The summed E-state index contributed by atoms with van der Waals surface area (Å²) in [7, 11) is 0. The fourth-order valence-corrected chi connectivity index (χ4v) is 2.22. The molecule has 0 bridgehead atoms. The zero-order valence-electron chi connectivity index (χ0n) is 10.3. The lowest BCUT2D eigenvalue weighted by Crippen LogP contribution is -2.21. The van der Waals surface area contributed by atoms with E-state index in [2.05, 4.69) is 20.4 Å². The van der Waals surface area contributed by atoms with Gasteiger partial charge in [0.05, 0.1) is 11.7 Å². The summed E-state index contributed by atoms with van der Waals surface area (Å²) >= 11 is 0. The van der Waals surface area contributed by atoms with E-state index < -0.39 is 0 Å². The zero-order chi connectivity index (χ0) is 12.4. The number of oxazole rings is 1. The van der Waals surface area contributed by atoms with Gasteiger partial charge in [0.2, 0.25) is 5.76 Å². The van der Waals surface area contributed by atoms with E-state index in [4.69, 9.17) is 8.94 Å². The number of nitrogens with one attached hydrogen (secondary N) is 1. The summed E-state index contributed by atoms with van der Waals surface area (Å²) in [6.45, 7) is 2.86. The molecule has 0 aliphatic carbocycles. The largest absolute Gasteiger partial charge is 0.438 e. The van der Waals surface area contributed by atoms with Gasteiger partial charge in [0.1, 0.15) is 0 Å². The van der Waals surface area contributed by atoms with Crippen LogP contribution in [-0.2, 0) is 0 Å². The fourth-order valence-electron chi connectivity index (χ4n) is 2.22. The Bertz CT molecular complexity index is 512. The number of aromatic nitrogens is 3. The summed E-state index contributed by atoms with van der Waals surface area (Å²) in [5.41, 5.74) is 0.763. The molecule has 1 unspecified atom stereocenters. The van der Waals surface area contributed by atoms with Crippen LogP contribution in [0.25, 0.3) is 11.7 Å². The molecule has 0 spiro atoms. The molecule has 3 heterocycles. The van der Waals surface area contributed by atoms with Crippen LogP contribution in [0.2, 0.25) is 0 Å². The minimum Gasteiger partial charge on any atom is -0.438 e. The quantitative estimate of drug-likeness (QED) is 0.878. The normalized spacial score (nSPS) is 20.8. The van der Waals surface area contributed by atoms with Crippen LogP contribution in [0.3, 0.4) is 0 Å². The maximum atomic E-state index is 5.25. The van der Waals surface area contributed by atoms with Crippen molar-refractivity contribution in [2.75, 3.05) is 6.54 Å². The molecule has 0 saturated carbocycles. The molecule has 6 heteroatoms. The minimum atomic E-state index is 0.188. The fraction of sp³-hybridized carbons (Fsp3) is 0.583. The highest BCUT2D eigenvalue weighted by Crippen LogP contribution is 2.25. The van der Waals surface area contributed by atoms with Gasteiger partial charge in [-0.2, -0.15) is 4.98 Å². The smallest absolute Gasteiger partial charge is 0.295 e. The Morgan fingerprint density at radius 3 is 3.11 bits per heavy atom. The van der Waals surface area contributed by atoms with Crippen LogP contribution in [0.1, 0.15) is 43.2 Å². The highest BCUT2D eigenvalue weighted by molar-refractivity contribution is 5.46. The summed E-state index contributed by atoms with van der Waals surface area (Å²) in [5, 5.41) is 7.48. The average Bonchev–Trinajstić information content (AvgIpc) is 2.91. The SMILES string of the molecule is Cc1ncoc1-c1nc(C2CCCCCN2)no1. The third-order valence-electron chi connectivity index (χ3n) is 3.25. The van der Waals surface area contributed by atoms with Gasteiger partial charge in [0.15, 0.2) is 12.2 Å². The minimum absolute atomic E-state index is 0.188. The van der Waals surface area contributed by atoms with Crippen LogP contribution in [0.4, 0.5) is 0 Å². The molecule has 1 aliphatic heterocycles. The van der Waals surface area contributed by atoms with E-state index in [9.17, 15) is 0 Å². The van der Waals surface area contributed by atoms with E-state index >= 15 is 0 Å².